The van der Waals surface area contributed by atoms with Crippen LogP contribution in [0.4, 0.5) is 5.69 Å². The Morgan fingerprint density at radius 2 is 1.78 bits per heavy atom. The molecule has 0 aromatic heterocycles. The fraction of sp³-hybridized carbons (Fsp3) is 0.333. The predicted molar refractivity (Wildman–Crippen MR) is 132 cm³/mol. The van der Waals surface area contributed by atoms with Gasteiger partial charge in [0.1, 0.15) is 5.75 Å². The third-order valence-corrected chi connectivity index (χ3v) is 7.54. The van der Waals surface area contributed by atoms with E-state index in [2.05, 4.69) is 31.5 Å². The van der Waals surface area contributed by atoms with Gasteiger partial charge in [-0.25, -0.2) is 8.42 Å². The number of ether oxygens (including phenoxy) is 1. The van der Waals surface area contributed by atoms with Gasteiger partial charge in [0.05, 0.1) is 17.1 Å². The minimum atomic E-state index is -3.54. The molecule has 1 aliphatic rings. The van der Waals surface area contributed by atoms with E-state index in [0.29, 0.717) is 49.8 Å². The third kappa shape index (κ3) is 6.04. The molecule has 1 aliphatic heterocycles. The number of nitrogens with zero attached hydrogens (tertiary/aromatic N) is 2. The molecule has 1 amide bonds. The molecule has 32 heavy (non-hydrogen) atoms. The van der Waals surface area contributed by atoms with Crippen molar-refractivity contribution in [2.24, 2.45) is 0 Å². The van der Waals surface area contributed by atoms with Crippen LogP contribution in [0, 0.1) is 0 Å². The largest absolute Gasteiger partial charge is 0.493 e. The van der Waals surface area contributed by atoms with Gasteiger partial charge in [-0.05, 0) is 68.7 Å². The van der Waals surface area contributed by atoms with Crippen molar-refractivity contribution in [3.8, 4) is 5.75 Å². The summed E-state index contributed by atoms with van der Waals surface area (Å²) < 4.78 is 33.4. The first-order valence-corrected chi connectivity index (χ1v) is 12.7. The van der Waals surface area contributed by atoms with Gasteiger partial charge in [-0.3, -0.25) is 10.1 Å². The number of hydrogen-bond acceptors (Lipinski definition) is 6. The molecule has 0 atom stereocenters. The molecule has 1 fully saturated rings. The molecule has 0 saturated carbocycles. The Morgan fingerprint density at radius 3 is 2.41 bits per heavy atom. The summed E-state index contributed by atoms with van der Waals surface area (Å²) in [5.74, 6) is 0.0379. The van der Waals surface area contributed by atoms with Crippen LogP contribution in [0.1, 0.15) is 17.3 Å². The molecule has 1 heterocycles. The maximum Gasteiger partial charge on any atom is 0.261 e. The van der Waals surface area contributed by atoms with Gasteiger partial charge < -0.3 is 15.0 Å². The number of piperazine rings is 1. The number of halogens is 1. The highest BCUT2D eigenvalue weighted by Gasteiger charge is 2.27. The molecule has 172 valence electrons. The zero-order valence-corrected chi connectivity index (χ0v) is 21.0. The number of sulfonamides is 1. The summed E-state index contributed by atoms with van der Waals surface area (Å²) in [6.07, 6.45) is 0. The average Bonchev–Trinajstić information content (AvgIpc) is 2.75. The van der Waals surface area contributed by atoms with Crippen molar-refractivity contribution in [3.63, 3.8) is 0 Å². The van der Waals surface area contributed by atoms with Gasteiger partial charge in [0.15, 0.2) is 5.11 Å². The molecule has 0 aliphatic carbocycles. The smallest absolute Gasteiger partial charge is 0.261 e. The molecule has 0 spiro atoms. The number of benzene rings is 2. The SMILES string of the molecule is CCOc1ccc(Br)cc1C(=O)NC(=S)Nc1ccc(S(=O)(=O)N2CCN(C)CC2)cc1. The average molecular weight is 541 g/mol. The van der Waals surface area contributed by atoms with E-state index in [-0.39, 0.29) is 10.0 Å². The summed E-state index contributed by atoms with van der Waals surface area (Å²) in [6.45, 7) is 4.60. The van der Waals surface area contributed by atoms with Crippen LogP contribution in [0.5, 0.6) is 5.75 Å². The van der Waals surface area contributed by atoms with E-state index < -0.39 is 15.9 Å². The van der Waals surface area contributed by atoms with Gasteiger partial charge in [-0.2, -0.15) is 4.31 Å². The highest BCUT2D eigenvalue weighted by atomic mass is 79.9. The number of carbonyl (C=O) groups is 1. The first kappa shape index (κ1) is 24.6. The molecule has 0 unspecified atom stereocenters. The Balaban J connectivity index is 1.64. The second-order valence-corrected chi connectivity index (χ2v) is 10.5. The van der Waals surface area contributed by atoms with Gasteiger partial charge in [-0.15, -0.1) is 0 Å². The van der Waals surface area contributed by atoms with Crippen molar-refractivity contribution in [2.75, 3.05) is 45.2 Å². The molecule has 3 rings (SSSR count). The number of rotatable bonds is 6. The number of carbonyl (C=O) groups excluding carboxylic acids is 1. The summed E-state index contributed by atoms with van der Waals surface area (Å²) in [5.41, 5.74) is 0.908. The van der Waals surface area contributed by atoms with Crippen LogP contribution in [0.25, 0.3) is 0 Å². The first-order chi connectivity index (χ1) is 15.2. The van der Waals surface area contributed by atoms with Gasteiger partial charge in [-0.1, -0.05) is 15.9 Å². The number of amides is 1. The maximum atomic E-state index is 12.8. The molecule has 2 aromatic rings. The van der Waals surface area contributed by atoms with Crippen molar-refractivity contribution in [2.45, 2.75) is 11.8 Å². The van der Waals surface area contributed by atoms with E-state index in [4.69, 9.17) is 17.0 Å². The van der Waals surface area contributed by atoms with Crippen LogP contribution in [0.15, 0.2) is 51.8 Å². The Morgan fingerprint density at radius 1 is 1.12 bits per heavy atom. The second kappa shape index (κ2) is 10.7. The standard InChI is InChI=1S/C21H25BrN4O4S2/c1-3-30-19-9-4-15(22)14-18(19)20(27)24-21(31)23-16-5-7-17(8-6-16)32(28,29)26-12-10-25(2)11-13-26/h4-9,14H,3,10-13H2,1-2H3,(H2,23,24,27,31). The topological polar surface area (TPSA) is 91.0 Å². The first-order valence-electron chi connectivity index (χ1n) is 10.0. The highest BCUT2D eigenvalue weighted by molar-refractivity contribution is 9.10. The monoisotopic (exact) mass is 540 g/mol. The second-order valence-electron chi connectivity index (χ2n) is 7.21. The van der Waals surface area contributed by atoms with E-state index in [1.807, 2.05) is 14.0 Å². The van der Waals surface area contributed by atoms with Gasteiger partial charge in [0.25, 0.3) is 5.91 Å². The summed E-state index contributed by atoms with van der Waals surface area (Å²) in [6, 6.07) is 11.4. The fourth-order valence-corrected chi connectivity index (χ4v) is 5.18. The van der Waals surface area contributed by atoms with E-state index >= 15 is 0 Å². The van der Waals surface area contributed by atoms with Crippen molar-refractivity contribution < 1.29 is 17.9 Å². The third-order valence-electron chi connectivity index (χ3n) is 4.93. The number of hydrogen-bond donors (Lipinski definition) is 2. The van der Waals surface area contributed by atoms with Crippen LogP contribution >= 0.6 is 28.1 Å². The van der Waals surface area contributed by atoms with Gasteiger partial charge in [0.2, 0.25) is 10.0 Å². The molecule has 1 saturated heterocycles. The Hall–Kier alpha value is -2.05. The Labute approximate surface area is 202 Å². The zero-order chi connectivity index (χ0) is 23.3. The molecule has 8 nitrogen and oxygen atoms in total. The minimum Gasteiger partial charge on any atom is -0.493 e. The lowest BCUT2D eigenvalue weighted by molar-refractivity contribution is 0.0974. The van der Waals surface area contributed by atoms with Gasteiger partial charge in [0, 0.05) is 36.3 Å². The lowest BCUT2D eigenvalue weighted by Crippen LogP contribution is -2.46. The van der Waals surface area contributed by atoms with E-state index in [1.165, 1.54) is 16.4 Å². The maximum absolute atomic E-state index is 12.8. The fourth-order valence-electron chi connectivity index (χ4n) is 3.18. The number of anilines is 1. The molecule has 0 radical (unpaired) electrons. The normalized spacial score (nSPS) is 15.2. The molecule has 0 bridgehead atoms. The van der Waals surface area contributed by atoms with Crippen molar-refractivity contribution in [1.29, 1.82) is 0 Å². The van der Waals surface area contributed by atoms with E-state index in [9.17, 15) is 13.2 Å². The summed E-state index contributed by atoms with van der Waals surface area (Å²) >= 11 is 8.60. The van der Waals surface area contributed by atoms with Crippen LogP contribution in [0.2, 0.25) is 0 Å². The molecule has 11 heteroatoms. The van der Waals surface area contributed by atoms with Crippen molar-refractivity contribution in [1.82, 2.24) is 14.5 Å². The van der Waals surface area contributed by atoms with Crippen molar-refractivity contribution in [3.05, 3.63) is 52.5 Å². The summed E-state index contributed by atoms with van der Waals surface area (Å²) in [7, 11) is -1.57. The number of thiocarbonyl (C=S) groups is 1. The minimum absolute atomic E-state index is 0.0899. The van der Waals surface area contributed by atoms with Crippen LogP contribution in [0.3, 0.4) is 0 Å². The van der Waals surface area contributed by atoms with Crippen molar-refractivity contribution >= 4 is 54.9 Å². The number of nitrogens with one attached hydrogen (secondary N) is 2. The van der Waals surface area contributed by atoms with Crippen LogP contribution in [-0.4, -0.2) is 68.5 Å². The lowest BCUT2D eigenvalue weighted by Gasteiger charge is -2.31. The van der Waals surface area contributed by atoms with E-state index in [0.717, 1.165) is 4.47 Å². The zero-order valence-electron chi connectivity index (χ0n) is 17.8. The Kier molecular flexibility index (Phi) is 8.23. The molecular weight excluding hydrogens is 516 g/mol. The van der Waals surface area contributed by atoms with E-state index in [1.54, 1.807) is 30.3 Å². The molecule has 2 N–H and O–H groups in total. The van der Waals surface area contributed by atoms with Crippen LogP contribution < -0.4 is 15.4 Å². The molecular formula is C21H25BrN4O4S2. The Bertz CT molecular complexity index is 1090. The lowest BCUT2D eigenvalue weighted by atomic mass is 10.2. The predicted octanol–water partition coefficient (Wildman–Crippen LogP) is 2.91. The van der Waals surface area contributed by atoms with Gasteiger partial charge >= 0.3 is 0 Å². The quantitative estimate of drug-likeness (QED) is 0.544. The highest BCUT2D eigenvalue weighted by Crippen LogP contribution is 2.24. The number of likely N-dealkylation sites (N-methyl/N-ethyl adjacent to an activating group) is 1. The summed E-state index contributed by atoms with van der Waals surface area (Å²) in [5, 5.41) is 5.62. The molecule has 2 aromatic carbocycles. The van der Waals surface area contributed by atoms with Crippen LogP contribution in [-0.2, 0) is 10.0 Å². The summed E-state index contributed by atoms with van der Waals surface area (Å²) in [4.78, 5) is 15.0.